The van der Waals surface area contributed by atoms with Crippen LogP contribution in [0.3, 0.4) is 0 Å². The minimum Gasteiger partial charge on any atom is -0.348 e. The predicted octanol–water partition coefficient (Wildman–Crippen LogP) is 2.96. The van der Waals surface area contributed by atoms with Crippen molar-refractivity contribution in [3.8, 4) is 0 Å². The summed E-state index contributed by atoms with van der Waals surface area (Å²) >= 11 is 5.11. The molecule has 15 heavy (non-hydrogen) atoms. The van der Waals surface area contributed by atoms with Gasteiger partial charge in [-0.15, -0.1) is 0 Å². The average Bonchev–Trinajstić information content (AvgIpc) is 2.59. The number of aromatic nitrogens is 1. The number of halogens is 4. The van der Waals surface area contributed by atoms with Crippen molar-refractivity contribution in [2.75, 3.05) is 0 Å². The van der Waals surface area contributed by atoms with Crippen molar-refractivity contribution >= 4 is 27.7 Å². The molecule has 0 saturated carbocycles. The summed E-state index contributed by atoms with van der Waals surface area (Å²) in [5.41, 5.74) is -0.591. The summed E-state index contributed by atoms with van der Waals surface area (Å²) in [7, 11) is 0. The molecule has 2 nitrogen and oxygen atoms in total. The Hall–Kier alpha value is -1.49. The molecule has 2 aromatic rings. The summed E-state index contributed by atoms with van der Waals surface area (Å²) in [4.78, 5) is 12.9. The van der Waals surface area contributed by atoms with E-state index in [1.54, 1.807) is 0 Å². The van der Waals surface area contributed by atoms with Gasteiger partial charge in [0.05, 0.1) is 11.2 Å². The number of benzene rings is 1. The molecule has 1 N–H and O–H groups in total. The molecule has 2 rings (SSSR count). The number of fused-ring (bicyclic) bond motifs is 1. The van der Waals surface area contributed by atoms with Crippen LogP contribution in [0.25, 0.3) is 10.9 Å². The van der Waals surface area contributed by atoms with Crippen LogP contribution in [0.15, 0.2) is 12.1 Å². The van der Waals surface area contributed by atoms with Crippen LogP contribution in [0.2, 0.25) is 0 Å². The van der Waals surface area contributed by atoms with Gasteiger partial charge in [-0.1, -0.05) is 0 Å². The van der Waals surface area contributed by atoms with E-state index in [2.05, 4.69) is 4.98 Å². The van der Waals surface area contributed by atoms with Crippen molar-refractivity contribution in [2.45, 2.75) is 0 Å². The second-order valence-corrected chi connectivity index (χ2v) is 3.24. The summed E-state index contributed by atoms with van der Waals surface area (Å²) in [6.07, 6.45) is 0. The highest BCUT2D eigenvalue weighted by atomic mass is 35.5. The molecule has 0 aliphatic heterocycles. The molecule has 1 aromatic heterocycles. The minimum atomic E-state index is -1.32. The lowest BCUT2D eigenvalue weighted by atomic mass is 10.2. The lowest BCUT2D eigenvalue weighted by Crippen LogP contribution is -1.89. The fraction of sp³-hybridized carbons (Fsp3) is 0. The topological polar surface area (TPSA) is 32.9 Å². The van der Waals surface area contributed by atoms with Crippen molar-refractivity contribution in [2.24, 2.45) is 0 Å². The van der Waals surface area contributed by atoms with Crippen LogP contribution in [0, 0.1) is 17.5 Å². The quantitative estimate of drug-likeness (QED) is 0.596. The fourth-order valence-corrected chi connectivity index (χ4v) is 1.40. The highest BCUT2D eigenvalue weighted by Gasteiger charge is 2.16. The first-order valence-corrected chi connectivity index (χ1v) is 4.24. The first-order chi connectivity index (χ1) is 7.00. The number of aromatic amines is 1. The number of nitrogens with one attached hydrogen (secondary N) is 1. The maximum atomic E-state index is 13.1. The smallest absolute Gasteiger partial charge is 0.268 e. The van der Waals surface area contributed by atoms with Crippen LogP contribution < -0.4 is 0 Å². The third-order valence-electron chi connectivity index (χ3n) is 1.97. The summed E-state index contributed by atoms with van der Waals surface area (Å²) < 4.78 is 39.0. The molecule has 0 unspecified atom stereocenters. The lowest BCUT2D eigenvalue weighted by molar-refractivity contribution is 0.107. The Morgan fingerprint density at radius 1 is 1.20 bits per heavy atom. The Bertz CT molecular complexity index is 564. The van der Waals surface area contributed by atoms with Crippen molar-refractivity contribution in [3.63, 3.8) is 0 Å². The third-order valence-corrected chi connectivity index (χ3v) is 2.17. The van der Waals surface area contributed by atoms with E-state index in [1.165, 1.54) is 0 Å². The van der Waals surface area contributed by atoms with Gasteiger partial charge in [0.1, 0.15) is 5.82 Å². The zero-order valence-electron chi connectivity index (χ0n) is 7.07. The number of rotatable bonds is 1. The molecule has 0 bridgehead atoms. The molecule has 0 atom stereocenters. The summed E-state index contributed by atoms with van der Waals surface area (Å²) in [5.74, 6) is -3.52. The second-order valence-electron chi connectivity index (χ2n) is 2.90. The van der Waals surface area contributed by atoms with Crippen LogP contribution in [-0.2, 0) is 0 Å². The van der Waals surface area contributed by atoms with Crippen LogP contribution in [-0.4, -0.2) is 10.2 Å². The zero-order valence-corrected chi connectivity index (χ0v) is 7.83. The van der Waals surface area contributed by atoms with Crippen molar-refractivity contribution in [1.29, 1.82) is 0 Å². The Morgan fingerprint density at radius 2 is 1.87 bits per heavy atom. The molecule has 0 spiro atoms. The molecule has 0 saturated heterocycles. The molecular weight excluding hydrogens is 231 g/mol. The Kier molecular flexibility index (Phi) is 2.19. The lowest BCUT2D eigenvalue weighted by Gasteiger charge is -1.95. The molecule has 1 heterocycles. The molecule has 0 aliphatic rings. The predicted molar refractivity (Wildman–Crippen MR) is 48.4 cm³/mol. The minimum absolute atomic E-state index is 0.185. The van der Waals surface area contributed by atoms with Gasteiger partial charge in [-0.3, -0.25) is 4.79 Å². The zero-order chi connectivity index (χ0) is 11.2. The highest BCUT2D eigenvalue weighted by molar-refractivity contribution is 6.67. The SMILES string of the molecule is O=C(Cl)c1cc2c(F)cc(F)c(F)c2[nH]1. The molecule has 0 radical (unpaired) electrons. The van der Waals surface area contributed by atoms with Crippen LogP contribution in [0.5, 0.6) is 0 Å². The normalized spacial score (nSPS) is 10.9. The second kappa shape index (κ2) is 3.27. The number of carbonyl (C=O) groups is 1. The van der Waals surface area contributed by atoms with E-state index < -0.39 is 28.2 Å². The molecule has 0 fully saturated rings. The monoisotopic (exact) mass is 233 g/mol. The van der Waals surface area contributed by atoms with Crippen molar-refractivity contribution < 1.29 is 18.0 Å². The first kappa shape index (κ1) is 10.0. The molecule has 6 heteroatoms. The van der Waals surface area contributed by atoms with Gasteiger partial charge in [0.2, 0.25) is 0 Å². The Balaban J connectivity index is 2.85. The highest BCUT2D eigenvalue weighted by Crippen LogP contribution is 2.24. The summed E-state index contributed by atoms with van der Waals surface area (Å²) in [5, 5.41) is -1.11. The van der Waals surface area contributed by atoms with Gasteiger partial charge in [0.25, 0.3) is 5.24 Å². The number of hydrogen-bond acceptors (Lipinski definition) is 1. The Morgan fingerprint density at radius 3 is 2.47 bits per heavy atom. The molecule has 1 aromatic carbocycles. The number of H-pyrrole nitrogens is 1. The molecule has 0 amide bonds. The molecular formula is C9H3ClF3NO. The summed E-state index contributed by atoms with van der Waals surface area (Å²) in [6, 6.07) is 1.44. The summed E-state index contributed by atoms with van der Waals surface area (Å²) in [6.45, 7) is 0. The number of carbonyl (C=O) groups excluding carboxylic acids is 1. The van der Waals surface area contributed by atoms with Crippen LogP contribution in [0.1, 0.15) is 10.5 Å². The fourth-order valence-electron chi connectivity index (χ4n) is 1.29. The molecule has 0 aliphatic carbocycles. The maximum Gasteiger partial charge on any atom is 0.268 e. The average molecular weight is 234 g/mol. The first-order valence-electron chi connectivity index (χ1n) is 3.86. The van der Waals surface area contributed by atoms with E-state index in [0.717, 1.165) is 6.07 Å². The Labute approximate surface area is 86.6 Å². The van der Waals surface area contributed by atoms with Crippen LogP contribution >= 0.6 is 11.6 Å². The van der Waals surface area contributed by atoms with Gasteiger partial charge in [-0.05, 0) is 17.7 Å². The van der Waals surface area contributed by atoms with E-state index in [1.807, 2.05) is 0 Å². The van der Waals surface area contributed by atoms with Crippen molar-refractivity contribution in [3.05, 3.63) is 35.3 Å². The van der Waals surface area contributed by atoms with Gasteiger partial charge in [-0.25, -0.2) is 13.2 Å². The maximum absolute atomic E-state index is 13.1. The third kappa shape index (κ3) is 1.48. The largest absolute Gasteiger partial charge is 0.348 e. The van der Waals surface area contributed by atoms with Gasteiger partial charge in [0, 0.05) is 11.5 Å². The standard InChI is InChI=1S/C9H3ClF3NO/c10-9(15)6-1-3-4(11)2-5(12)7(13)8(3)14-6/h1-2,14H. The van der Waals surface area contributed by atoms with E-state index in [0.29, 0.717) is 6.07 Å². The van der Waals surface area contributed by atoms with Gasteiger partial charge in [0.15, 0.2) is 11.6 Å². The van der Waals surface area contributed by atoms with Crippen molar-refractivity contribution in [1.82, 2.24) is 4.98 Å². The van der Waals surface area contributed by atoms with Gasteiger partial charge >= 0.3 is 0 Å². The van der Waals surface area contributed by atoms with E-state index in [4.69, 9.17) is 11.6 Å². The van der Waals surface area contributed by atoms with E-state index in [-0.39, 0.29) is 11.1 Å². The molecule has 78 valence electrons. The van der Waals surface area contributed by atoms with E-state index >= 15 is 0 Å². The number of hydrogen-bond donors (Lipinski definition) is 1. The van der Waals surface area contributed by atoms with E-state index in [9.17, 15) is 18.0 Å². The van der Waals surface area contributed by atoms with Gasteiger partial charge < -0.3 is 4.98 Å². The van der Waals surface area contributed by atoms with Crippen LogP contribution in [0.4, 0.5) is 13.2 Å². The van der Waals surface area contributed by atoms with Gasteiger partial charge in [-0.2, -0.15) is 0 Å².